The Morgan fingerprint density at radius 2 is 2.00 bits per heavy atom. The van der Waals surface area contributed by atoms with Crippen LogP contribution in [-0.4, -0.2) is 6.03 Å². The maximum absolute atomic E-state index is 13.0. The van der Waals surface area contributed by atoms with Crippen LogP contribution in [-0.2, 0) is 0 Å². The van der Waals surface area contributed by atoms with Crippen molar-refractivity contribution in [2.45, 2.75) is 6.92 Å². The van der Waals surface area contributed by atoms with Crippen LogP contribution in [0.5, 0.6) is 0 Å². The molecule has 0 heterocycles. The lowest BCUT2D eigenvalue weighted by Crippen LogP contribution is -2.19. The number of urea groups is 1. The highest BCUT2D eigenvalue weighted by atomic mass is 79.9. The molecule has 20 heavy (non-hydrogen) atoms. The Hall–Kier alpha value is -2.08. The Bertz CT molecular complexity index is 661. The minimum absolute atomic E-state index is 0.374. The van der Waals surface area contributed by atoms with Gasteiger partial charge in [-0.1, -0.05) is 6.07 Å². The van der Waals surface area contributed by atoms with Gasteiger partial charge >= 0.3 is 6.03 Å². The molecule has 0 saturated heterocycles. The number of amides is 2. The van der Waals surface area contributed by atoms with Crippen LogP contribution in [0.15, 0.2) is 40.9 Å². The molecule has 2 aromatic rings. The number of carbonyl (C=O) groups excluding carboxylic acids is 1. The summed E-state index contributed by atoms with van der Waals surface area (Å²) in [5.41, 5.74) is 8.20. The van der Waals surface area contributed by atoms with Crippen LogP contribution in [0.3, 0.4) is 0 Å². The maximum Gasteiger partial charge on any atom is 0.323 e. The number of carbonyl (C=O) groups is 1. The molecule has 2 amide bonds. The first-order valence-corrected chi connectivity index (χ1v) is 6.64. The predicted molar refractivity (Wildman–Crippen MR) is 82.3 cm³/mol. The third-order valence-electron chi connectivity index (χ3n) is 2.69. The standard InChI is InChI=1S/C14H13BrFN3O/c1-8-5-11(15)13(7-12(8)17)19-14(20)18-10-4-2-3-9(16)6-10/h2-7H,17H2,1H3,(H2,18,19,20). The first kappa shape index (κ1) is 14.3. The third-order valence-corrected chi connectivity index (χ3v) is 3.34. The summed E-state index contributed by atoms with van der Waals surface area (Å²) in [6.07, 6.45) is 0. The SMILES string of the molecule is Cc1cc(Br)c(NC(=O)Nc2cccc(F)c2)cc1N. The molecule has 2 aromatic carbocycles. The van der Waals surface area contributed by atoms with Crippen molar-refractivity contribution in [3.8, 4) is 0 Å². The highest BCUT2D eigenvalue weighted by molar-refractivity contribution is 9.10. The van der Waals surface area contributed by atoms with Gasteiger partial charge in [0.05, 0.1) is 5.69 Å². The Morgan fingerprint density at radius 3 is 2.70 bits per heavy atom. The molecular weight excluding hydrogens is 325 g/mol. The number of nitrogens with two attached hydrogens (primary N) is 1. The van der Waals surface area contributed by atoms with E-state index < -0.39 is 11.8 Å². The van der Waals surface area contributed by atoms with Crippen molar-refractivity contribution in [2.75, 3.05) is 16.4 Å². The average Bonchev–Trinajstić information content (AvgIpc) is 2.36. The van der Waals surface area contributed by atoms with E-state index in [1.54, 1.807) is 12.1 Å². The van der Waals surface area contributed by atoms with Gasteiger partial charge in [-0.15, -0.1) is 0 Å². The summed E-state index contributed by atoms with van der Waals surface area (Å²) in [6, 6.07) is 8.65. The van der Waals surface area contributed by atoms with E-state index >= 15 is 0 Å². The molecule has 0 bridgehead atoms. The zero-order chi connectivity index (χ0) is 14.7. The fourth-order valence-corrected chi connectivity index (χ4v) is 2.19. The number of aryl methyl sites for hydroxylation is 1. The monoisotopic (exact) mass is 337 g/mol. The van der Waals surface area contributed by atoms with E-state index in [1.807, 2.05) is 13.0 Å². The highest BCUT2D eigenvalue weighted by Crippen LogP contribution is 2.27. The number of hydrogen-bond donors (Lipinski definition) is 3. The smallest absolute Gasteiger partial charge is 0.323 e. The normalized spacial score (nSPS) is 10.2. The molecule has 0 fully saturated rings. The predicted octanol–water partition coefficient (Wildman–Crippen LogP) is 4.12. The molecule has 104 valence electrons. The molecule has 0 spiro atoms. The molecule has 0 aliphatic carbocycles. The molecule has 4 N–H and O–H groups in total. The number of nitrogen functional groups attached to an aromatic ring is 1. The number of rotatable bonds is 2. The summed E-state index contributed by atoms with van der Waals surface area (Å²) in [6.45, 7) is 1.87. The lowest BCUT2D eigenvalue weighted by atomic mass is 10.2. The average molecular weight is 338 g/mol. The summed E-state index contributed by atoms with van der Waals surface area (Å²) < 4.78 is 13.7. The first-order valence-electron chi connectivity index (χ1n) is 5.85. The van der Waals surface area contributed by atoms with E-state index in [1.165, 1.54) is 18.2 Å². The molecule has 0 atom stereocenters. The summed E-state index contributed by atoms with van der Waals surface area (Å²) in [7, 11) is 0. The van der Waals surface area contributed by atoms with Crippen molar-refractivity contribution >= 4 is 39.0 Å². The van der Waals surface area contributed by atoms with Crippen molar-refractivity contribution in [2.24, 2.45) is 0 Å². The van der Waals surface area contributed by atoms with Gasteiger partial charge in [-0.2, -0.15) is 0 Å². The van der Waals surface area contributed by atoms with Crippen LogP contribution in [0.4, 0.5) is 26.2 Å². The van der Waals surface area contributed by atoms with Gasteiger partial charge < -0.3 is 16.4 Å². The van der Waals surface area contributed by atoms with Gasteiger partial charge in [0.15, 0.2) is 0 Å². The molecule has 4 nitrogen and oxygen atoms in total. The van der Waals surface area contributed by atoms with Crippen LogP contribution in [0.1, 0.15) is 5.56 Å². The first-order chi connectivity index (χ1) is 9.45. The zero-order valence-electron chi connectivity index (χ0n) is 10.7. The second-order valence-corrected chi connectivity index (χ2v) is 5.13. The lowest BCUT2D eigenvalue weighted by Gasteiger charge is -2.11. The van der Waals surface area contributed by atoms with Crippen LogP contribution < -0.4 is 16.4 Å². The topological polar surface area (TPSA) is 67.2 Å². The summed E-state index contributed by atoms with van der Waals surface area (Å²) in [5, 5.41) is 5.19. The van der Waals surface area contributed by atoms with E-state index in [0.717, 1.165) is 10.0 Å². The largest absolute Gasteiger partial charge is 0.398 e. The molecule has 0 radical (unpaired) electrons. The fraction of sp³-hybridized carbons (Fsp3) is 0.0714. The van der Waals surface area contributed by atoms with Gasteiger partial charge in [-0.25, -0.2) is 9.18 Å². The van der Waals surface area contributed by atoms with E-state index in [2.05, 4.69) is 26.6 Å². The number of anilines is 3. The van der Waals surface area contributed by atoms with Crippen LogP contribution in [0.25, 0.3) is 0 Å². The molecular formula is C14H13BrFN3O. The highest BCUT2D eigenvalue weighted by Gasteiger charge is 2.08. The van der Waals surface area contributed by atoms with Crippen LogP contribution >= 0.6 is 15.9 Å². The molecule has 0 aliphatic heterocycles. The maximum atomic E-state index is 13.0. The van der Waals surface area contributed by atoms with E-state index in [0.29, 0.717) is 17.1 Å². The van der Waals surface area contributed by atoms with Crippen LogP contribution in [0, 0.1) is 12.7 Å². The van der Waals surface area contributed by atoms with Crippen molar-refractivity contribution < 1.29 is 9.18 Å². The Balaban J connectivity index is 2.10. The molecule has 0 unspecified atom stereocenters. The third kappa shape index (κ3) is 3.48. The van der Waals surface area contributed by atoms with E-state index in [4.69, 9.17) is 5.73 Å². The van der Waals surface area contributed by atoms with Crippen molar-refractivity contribution in [1.82, 2.24) is 0 Å². The van der Waals surface area contributed by atoms with Gasteiger partial charge in [-0.05, 0) is 58.7 Å². The van der Waals surface area contributed by atoms with Gasteiger partial charge in [0.25, 0.3) is 0 Å². The van der Waals surface area contributed by atoms with Gasteiger partial charge in [0, 0.05) is 15.8 Å². The number of nitrogens with one attached hydrogen (secondary N) is 2. The summed E-state index contributed by atoms with van der Waals surface area (Å²) in [5.74, 6) is -0.413. The molecule has 0 aliphatic rings. The number of hydrogen-bond acceptors (Lipinski definition) is 2. The Morgan fingerprint density at radius 1 is 1.25 bits per heavy atom. The van der Waals surface area contributed by atoms with Crippen molar-refractivity contribution in [1.29, 1.82) is 0 Å². The molecule has 0 saturated carbocycles. The summed E-state index contributed by atoms with van der Waals surface area (Å²) in [4.78, 5) is 11.8. The second kappa shape index (κ2) is 5.92. The van der Waals surface area contributed by atoms with Gasteiger partial charge in [0.2, 0.25) is 0 Å². The minimum Gasteiger partial charge on any atom is -0.398 e. The van der Waals surface area contributed by atoms with Gasteiger partial charge in [0.1, 0.15) is 5.82 Å². The van der Waals surface area contributed by atoms with Crippen molar-refractivity contribution in [3.63, 3.8) is 0 Å². The molecule has 0 aromatic heterocycles. The molecule has 2 rings (SSSR count). The lowest BCUT2D eigenvalue weighted by molar-refractivity contribution is 0.262. The zero-order valence-corrected chi connectivity index (χ0v) is 12.3. The fourth-order valence-electron chi connectivity index (χ4n) is 1.64. The minimum atomic E-state index is -0.473. The van der Waals surface area contributed by atoms with E-state index in [9.17, 15) is 9.18 Å². The van der Waals surface area contributed by atoms with Crippen LogP contribution in [0.2, 0.25) is 0 Å². The number of halogens is 2. The van der Waals surface area contributed by atoms with Crippen molar-refractivity contribution in [3.05, 3.63) is 52.3 Å². The Kier molecular flexibility index (Phi) is 4.24. The number of benzene rings is 2. The van der Waals surface area contributed by atoms with E-state index in [-0.39, 0.29) is 0 Å². The summed E-state index contributed by atoms with van der Waals surface area (Å²) >= 11 is 3.35. The second-order valence-electron chi connectivity index (χ2n) is 4.28. The Labute approximate surface area is 124 Å². The quantitative estimate of drug-likeness (QED) is 0.721. The molecule has 6 heteroatoms. The van der Waals surface area contributed by atoms with Gasteiger partial charge in [-0.3, -0.25) is 0 Å².